The number of pyridine rings is 1. The number of methoxy groups -OCH3 is 2. The minimum Gasteiger partial charge on any atom is -0.493 e. The average molecular weight is 448 g/mol. The second-order valence-corrected chi connectivity index (χ2v) is 8.47. The van der Waals surface area contributed by atoms with Gasteiger partial charge < -0.3 is 14.4 Å². The van der Waals surface area contributed by atoms with Crippen molar-refractivity contribution in [1.29, 1.82) is 0 Å². The van der Waals surface area contributed by atoms with Crippen LogP contribution in [0.5, 0.6) is 11.5 Å². The van der Waals surface area contributed by atoms with Crippen LogP contribution in [0, 0.1) is 0 Å². The van der Waals surface area contributed by atoms with Crippen LogP contribution in [0.1, 0.15) is 36.7 Å². The molecular weight excluding hydrogens is 426 g/mol. The van der Waals surface area contributed by atoms with E-state index in [1.54, 1.807) is 14.2 Å². The largest absolute Gasteiger partial charge is 0.493 e. The number of aromatic nitrogens is 1. The molecule has 1 aromatic heterocycles. The summed E-state index contributed by atoms with van der Waals surface area (Å²) >= 11 is 5.47. The summed E-state index contributed by atoms with van der Waals surface area (Å²) in [5, 5.41) is 1.10. The summed E-state index contributed by atoms with van der Waals surface area (Å²) in [5.74, 6) is 2.54. The van der Waals surface area contributed by atoms with Gasteiger partial charge in [0.2, 0.25) is 0 Å². The second-order valence-electron chi connectivity index (χ2n) is 6.57. The molecule has 0 radical (unpaired) electrons. The predicted octanol–water partition coefficient (Wildman–Crippen LogP) is 4.84. The molecule has 4 rings (SSSR count). The average Bonchev–Trinajstić information content (AvgIpc) is 3.26. The van der Waals surface area contributed by atoms with Crippen molar-refractivity contribution in [3.8, 4) is 11.5 Å². The van der Waals surface area contributed by atoms with E-state index in [1.165, 1.54) is 0 Å². The topological polar surface area (TPSA) is 47.0 Å². The Labute approximate surface area is 172 Å². The summed E-state index contributed by atoms with van der Waals surface area (Å²) in [4.78, 5) is 12.1. The SMILES string of the molecule is CC[C@@H]1CSC2=N[C@H](c3ccccn3)[C@@H](c3cc(Br)cc(OC)c3OC)N21. The molecule has 0 spiro atoms. The molecule has 0 aliphatic carbocycles. The van der Waals surface area contributed by atoms with E-state index in [0.717, 1.165) is 44.6 Å². The lowest BCUT2D eigenvalue weighted by molar-refractivity contribution is 0.246. The molecule has 2 aliphatic rings. The van der Waals surface area contributed by atoms with Crippen molar-refractivity contribution < 1.29 is 9.47 Å². The van der Waals surface area contributed by atoms with E-state index < -0.39 is 0 Å². The molecule has 27 heavy (non-hydrogen) atoms. The number of nitrogens with zero attached hydrogens (tertiary/aromatic N) is 3. The molecule has 3 atom stereocenters. The third-order valence-corrected chi connectivity index (χ3v) is 6.70. The lowest BCUT2D eigenvalue weighted by Crippen LogP contribution is -2.35. The number of aliphatic imine (C=N–C) groups is 1. The number of halogens is 1. The quantitative estimate of drug-likeness (QED) is 0.655. The van der Waals surface area contributed by atoms with Crippen molar-refractivity contribution in [3.63, 3.8) is 0 Å². The first kappa shape index (κ1) is 18.6. The fourth-order valence-electron chi connectivity index (χ4n) is 3.87. The van der Waals surface area contributed by atoms with Gasteiger partial charge in [0.1, 0.15) is 6.04 Å². The number of hydrogen-bond donors (Lipinski definition) is 0. The van der Waals surface area contributed by atoms with Crippen LogP contribution in [0.25, 0.3) is 0 Å². The van der Waals surface area contributed by atoms with Crippen molar-refractivity contribution >= 4 is 32.9 Å². The van der Waals surface area contributed by atoms with Crippen LogP contribution >= 0.6 is 27.7 Å². The fourth-order valence-corrected chi connectivity index (χ4v) is 5.66. The first-order chi connectivity index (χ1) is 13.2. The number of benzene rings is 1. The van der Waals surface area contributed by atoms with Gasteiger partial charge in [-0.2, -0.15) is 0 Å². The number of amidine groups is 1. The van der Waals surface area contributed by atoms with E-state index >= 15 is 0 Å². The molecule has 1 saturated heterocycles. The van der Waals surface area contributed by atoms with E-state index in [-0.39, 0.29) is 12.1 Å². The van der Waals surface area contributed by atoms with Crippen molar-refractivity contribution in [2.24, 2.45) is 4.99 Å². The van der Waals surface area contributed by atoms with Gasteiger partial charge in [-0.1, -0.05) is 40.7 Å². The van der Waals surface area contributed by atoms with E-state index in [0.29, 0.717) is 6.04 Å². The molecule has 142 valence electrons. The van der Waals surface area contributed by atoms with Crippen LogP contribution in [-0.4, -0.2) is 41.1 Å². The highest BCUT2D eigenvalue weighted by Crippen LogP contribution is 2.52. The highest BCUT2D eigenvalue weighted by atomic mass is 79.9. The van der Waals surface area contributed by atoms with Crippen molar-refractivity contribution in [3.05, 3.63) is 52.3 Å². The van der Waals surface area contributed by atoms with Gasteiger partial charge in [-0.15, -0.1) is 0 Å². The van der Waals surface area contributed by atoms with Crippen LogP contribution in [0.15, 0.2) is 46.0 Å². The van der Waals surface area contributed by atoms with Gasteiger partial charge in [0, 0.05) is 28.0 Å². The van der Waals surface area contributed by atoms with Crippen LogP contribution in [0.4, 0.5) is 0 Å². The molecule has 1 aromatic carbocycles. The molecule has 0 unspecified atom stereocenters. The number of rotatable bonds is 5. The maximum absolute atomic E-state index is 5.79. The lowest BCUT2D eigenvalue weighted by atomic mass is 9.94. The molecule has 7 heteroatoms. The summed E-state index contributed by atoms with van der Waals surface area (Å²) < 4.78 is 12.3. The maximum Gasteiger partial charge on any atom is 0.166 e. The third kappa shape index (κ3) is 3.21. The van der Waals surface area contributed by atoms with Gasteiger partial charge >= 0.3 is 0 Å². The van der Waals surface area contributed by atoms with Crippen LogP contribution < -0.4 is 9.47 Å². The summed E-state index contributed by atoms with van der Waals surface area (Å²) in [6.07, 6.45) is 2.91. The highest BCUT2D eigenvalue weighted by Gasteiger charge is 2.46. The zero-order chi connectivity index (χ0) is 19.0. The van der Waals surface area contributed by atoms with E-state index in [2.05, 4.69) is 44.9 Å². The standard InChI is InChI=1S/C20H22BrN3O2S/c1-4-13-11-27-20-23-17(15-7-5-6-8-22-15)18(24(13)20)14-9-12(21)10-16(25-2)19(14)26-3/h5-10,13,17-18H,4,11H2,1-3H3/t13-,17-,18-/m1/s1. The van der Waals surface area contributed by atoms with Crippen molar-refractivity contribution in [1.82, 2.24) is 9.88 Å². The maximum atomic E-state index is 5.79. The van der Waals surface area contributed by atoms with Gasteiger partial charge in [-0.05, 0) is 30.7 Å². The van der Waals surface area contributed by atoms with Gasteiger partial charge in [0.05, 0.1) is 26.0 Å². The molecule has 1 fully saturated rings. The Balaban J connectivity index is 1.88. The minimum absolute atomic E-state index is 0.0243. The second kappa shape index (κ2) is 7.72. The summed E-state index contributed by atoms with van der Waals surface area (Å²) in [7, 11) is 3.36. The third-order valence-electron chi connectivity index (χ3n) is 5.12. The molecule has 2 aliphatic heterocycles. The molecule has 3 heterocycles. The summed E-state index contributed by atoms with van der Waals surface area (Å²) in [6.45, 7) is 2.23. The van der Waals surface area contributed by atoms with Crippen LogP contribution in [-0.2, 0) is 0 Å². The Morgan fingerprint density at radius 1 is 1.26 bits per heavy atom. The van der Waals surface area contributed by atoms with Gasteiger partial charge in [-0.3, -0.25) is 9.98 Å². The van der Waals surface area contributed by atoms with Gasteiger partial charge in [-0.25, -0.2) is 0 Å². The number of hydrogen-bond acceptors (Lipinski definition) is 6. The number of fused-ring (bicyclic) bond motifs is 1. The Kier molecular flexibility index (Phi) is 5.32. The minimum atomic E-state index is -0.0732. The molecule has 0 N–H and O–H groups in total. The van der Waals surface area contributed by atoms with E-state index in [1.807, 2.05) is 36.2 Å². The number of thioether (sulfide) groups is 1. The number of ether oxygens (including phenoxy) is 2. The normalized spacial score (nSPS) is 23.9. The van der Waals surface area contributed by atoms with Gasteiger partial charge in [0.25, 0.3) is 0 Å². The fraction of sp³-hybridized carbons (Fsp3) is 0.400. The summed E-state index contributed by atoms with van der Waals surface area (Å²) in [6, 6.07) is 10.5. The van der Waals surface area contributed by atoms with E-state index in [4.69, 9.17) is 14.5 Å². The lowest BCUT2D eigenvalue weighted by Gasteiger charge is -2.33. The Bertz CT molecular complexity index is 862. The summed E-state index contributed by atoms with van der Waals surface area (Å²) in [5.41, 5.74) is 2.04. The van der Waals surface area contributed by atoms with Gasteiger partial charge in [0.15, 0.2) is 16.7 Å². The Hall–Kier alpha value is -1.73. The zero-order valence-electron chi connectivity index (χ0n) is 15.6. The van der Waals surface area contributed by atoms with Crippen molar-refractivity contribution in [2.45, 2.75) is 31.5 Å². The van der Waals surface area contributed by atoms with Crippen LogP contribution in [0.2, 0.25) is 0 Å². The smallest absolute Gasteiger partial charge is 0.166 e. The van der Waals surface area contributed by atoms with Crippen molar-refractivity contribution in [2.75, 3.05) is 20.0 Å². The van der Waals surface area contributed by atoms with Crippen LogP contribution in [0.3, 0.4) is 0 Å². The first-order valence-electron chi connectivity index (χ1n) is 8.99. The molecule has 5 nitrogen and oxygen atoms in total. The molecular formula is C20H22BrN3O2S. The zero-order valence-corrected chi connectivity index (χ0v) is 18.0. The molecule has 2 aromatic rings. The predicted molar refractivity (Wildman–Crippen MR) is 113 cm³/mol. The monoisotopic (exact) mass is 447 g/mol. The Morgan fingerprint density at radius 3 is 2.78 bits per heavy atom. The highest BCUT2D eigenvalue weighted by molar-refractivity contribution is 9.10. The Morgan fingerprint density at radius 2 is 2.11 bits per heavy atom. The van der Waals surface area contributed by atoms with E-state index in [9.17, 15) is 0 Å². The molecule has 0 saturated carbocycles. The molecule has 0 bridgehead atoms. The molecule has 0 amide bonds. The first-order valence-corrected chi connectivity index (χ1v) is 10.8.